The van der Waals surface area contributed by atoms with Gasteiger partial charge < -0.3 is 15.1 Å². The van der Waals surface area contributed by atoms with Crippen LogP contribution in [0.5, 0.6) is 0 Å². The molecule has 1 amide bonds. The van der Waals surface area contributed by atoms with Crippen LogP contribution in [-0.2, 0) is 6.42 Å². The fraction of sp³-hybridized carbons (Fsp3) is 0.350. The molecular weight excluding hydrogens is 298 g/mol. The molecule has 1 unspecified atom stereocenters. The van der Waals surface area contributed by atoms with Crippen LogP contribution >= 0.6 is 0 Å². The molecule has 2 aromatic rings. The van der Waals surface area contributed by atoms with Crippen molar-refractivity contribution < 1.29 is 4.79 Å². The average Bonchev–Trinajstić information content (AvgIpc) is 2.59. The lowest BCUT2D eigenvalue weighted by Crippen LogP contribution is -2.41. The van der Waals surface area contributed by atoms with Gasteiger partial charge >= 0.3 is 0 Å². The highest BCUT2D eigenvalue weighted by atomic mass is 16.1. The number of rotatable bonds is 7. The molecule has 0 aromatic heterocycles. The molecular formula is C20H27N3O. The summed E-state index contributed by atoms with van der Waals surface area (Å²) in [5.41, 5.74) is 2.99. The molecule has 0 saturated carbocycles. The van der Waals surface area contributed by atoms with Crippen LogP contribution in [0.1, 0.15) is 15.9 Å². The lowest BCUT2D eigenvalue weighted by Gasteiger charge is -2.25. The summed E-state index contributed by atoms with van der Waals surface area (Å²) in [6.45, 7) is 0.618. The number of anilines is 1. The third-order valence-corrected chi connectivity index (χ3v) is 4.17. The van der Waals surface area contributed by atoms with Crippen molar-refractivity contribution in [1.82, 2.24) is 10.2 Å². The standard InChI is InChI=1S/C20H27N3O/c1-22(2)18-12-8-11-17(14-18)20(24)21-15-19(23(3)4)13-16-9-6-5-7-10-16/h5-12,14,19H,13,15H2,1-4H3,(H,21,24). The van der Waals surface area contributed by atoms with E-state index in [-0.39, 0.29) is 11.9 Å². The van der Waals surface area contributed by atoms with Gasteiger partial charge in [-0.2, -0.15) is 0 Å². The molecule has 4 nitrogen and oxygen atoms in total. The average molecular weight is 325 g/mol. The smallest absolute Gasteiger partial charge is 0.251 e. The topological polar surface area (TPSA) is 35.6 Å². The molecule has 1 N–H and O–H groups in total. The number of carbonyl (C=O) groups is 1. The Balaban J connectivity index is 1.98. The van der Waals surface area contributed by atoms with Gasteiger partial charge in [0, 0.05) is 37.9 Å². The van der Waals surface area contributed by atoms with Crippen molar-refractivity contribution in [2.24, 2.45) is 0 Å². The van der Waals surface area contributed by atoms with E-state index in [1.54, 1.807) is 0 Å². The molecule has 2 aromatic carbocycles. The predicted molar refractivity (Wildman–Crippen MR) is 101 cm³/mol. The first-order valence-corrected chi connectivity index (χ1v) is 8.23. The van der Waals surface area contributed by atoms with Gasteiger partial charge in [0.1, 0.15) is 0 Å². The fourth-order valence-corrected chi connectivity index (χ4v) is 2.56. The summed E-state index contributed by atoms with van der Waals surface area (Å²) in [7, 11) is 8.04. The SMILES string of the molecule is CN(C)c1cccc(C(=O)NCC(Cc2ccccc2)N(C)C)c1. The molecule has 4 heteroatoms. The Kier molecular flexibility index (Phi) is 6.38. The Morgan fingerprint density at radius 1 is 1.00 bits per heavy atom. The summed E-state index contributed by atoms with van der Waals surface area (Å²) < 4.78 is 0. The number of likely N-dealkylation sites (N-methyl/N-ethyl adjacent to an activating group) is 1. The number of nitrogens with one attached hydrogen (secondary N) is 1. The molecule has 0 spiro atoms. The first-order valence-electron chi connectivity index (χ1n) is 8.23. The molecule has 0 radical (unpaired) electrons. The van der Waals surface area contributed by atoms with Crippen LogP contribution in [-0.4, -0.2) is 51.6 Å². The fourth-order valence-electron chi connectivity index (χ4n) is 2.56. The summed E-state index contributed by atoms with van der Waals surface area (Å²) in [4.78, 5) is 16.6. The molecule has 0 bridgehead atoms. The van der Waals surface area contributed by atoms with E-state index in [2.05, 4.69) is 22.3 Å². The van der Waals surface area contributed by atoms with E-state index in [1.165, 1.54) is 5.56 Å². The molecule has 128 valence electrons. The van der Waals surface area contributed by atoms with Crippen molar-refractivity contribution in [2.75, 3.05) is 39.6 Å². The van der Waals surface area contributed by atoms with Crippen LogP contribution in [0.25, 0.3) is 0 Å². The zero-order valence-corrected chi connectivity index (χ0v) is 15.0. The van der Waals surface area contributed by atoms with Crippen LogP contribution in [0.3, 0.4) is 0 Å². The first-order chi connectivity index (χ1) is 11.5. The van der Waals surface area contributed by atoms with Crippen molar-refractivity contribution in [3.05, 3.63) is 65.7 Å². The minimum atomic E-state index is -0.0291. The van der Waals surface area contributed by atoms with E-state index >= 15 is 0 Å². The van der Waals surface area contributed by atoms with Gasteiger partial charge in [0.25, 0.3) is 5.91 Å². The zero-order valence-electron chi connectivity index (χ0n) is 15.0. The monoisotopic (exact) mass is 325 g/mol. The third-order valence-electron chi connectivity index (χ3n) is 4.17. The summed E-state index contributed by atoms with van der Waals surface area (Å²) in [6, 6.07) is 18.3. The molecule has 0 heterocycles. The highest BCUT2D eigenvalue weighted by Gasteiger charge is 2.14. The van der Waals surface area contributed by atoms with Crippen LogP contribution in [0, 0.1) is 0 Å². The Hall–Kier alpha value is -2.33. The van der Waals surface area contributed by atoms with Gasteiger partial charge in [-0.25, -0.2) is 0 Å². The lowest BCUT2D eigenvalue weighted by atomic mass is 10.0. The second kappa shape index (κ2) is 8.50. The molecule has 0 aliphatic carbocycles. The number of benzene rings is 2. The summed E-state index contributed by atoms with van der Waals surface area (Å²) in [5, 5.41) is 3.07. The zero-order chi connectivity index (χ0) is 17.5. The van der Waals surface area contributed by atoms with Gasteiger partial charge in [0.2, 0.25) is 0 Å². The molecule has 1 atom stereocenters. The number of carbonyl (C=O) groups excluding carboxylic acids is 1. The Morgan fingerprint density at radius 2 is 1.71 bits per heavy atom. The van der Waals surface area contributed by atoms with Crippen molar-refractivity contribution in [3.8, 4) is 0 Å². The summed E-state index contributed by atoms with van der Waals surface area (Å²) in [5.74, 6) is -0.0291. The number of hydrogen-bond donors (Lipinski definition) is 1. The molecule has 0 fully saturated rings. The summed E-state index contributed by atoms with van der Waals surface area (Å²) >= 11 is 0. The van der Waals surface area contributed by atoms with Gasteiger partial charge in [0.15, 0.2) is 0 Å². The van der Waals surface area contributed by atoms with Gasteiger partial charge in [-0.1, -0.05) is 36.4 Å². The van der Waals surface area contributed by atoms with Crippen LogP contribution in [0.4, 0.5) is 5.69 Å². The molecule has 0 aliphatic rings. The van der Waals surface area contributed by atoms with Gasteiger partial charge in [0.05, 0.1) is 0 Å². The van der Waals surface area contributed by atoms with Crippen molar-refractivity contribution in [1.29, 1.82) is 0 Å². The van der Waals surface area contributed by atoms with E-state index in [0.717, 1.165) is 12.1 Å². The van der Waals surface area contributed by atoms with Crippen molar-refractivity contribution in [3.63, 3.8) is 0 Å². The number of nitrogens with zero attached hydrogens (tertiary/aromatic N) is 2. The normalized spacial score (nSPS) is 12.0. The molecule has 24 heavy (non-hydrogen) atoms. The van der Waals surface area contributed by atoms with Crippen molar-refractivity contribution in [2.45, 2.75) is 12.5 Å². The quantitative estimate of drug-likeness (QED) is 0.850. The number of hydrogen-bond acceptors (Lipinski definition) is 3. The second-order valence-corrected chi connectivity index (χ2v) is 6.46. The second-order valence-electron chi connectivity index (χ2n) is 6.46. The van der Waals surface area contributed by atoms with Gasteiger partial charge in [-0.3, -0.25) is 4.79 Å². The Bertz CT molecular complexity index is 653. The Morgan fingerprint density at radius 3 is 2.33 bits per heavy atom. The van der Waals surface area contributed by atoms with E-state index in [0.29, 0.717) is 12.1 Å². The van der Waals surface area contributed by atoms with E-state index in [1.807, 2.05) is 75.6 Å². The largest absolute Gasteiger partial charge is 0.378 e. The maximum atomic E-state index is 12.5. The highest BCUT2D eigenvalue weighted by Crippen LogP contribution is 2.13. The highest BCUT2D eigenvalue weighted by molar-refractivity contribution is 5.95. The molecule has 0 saturated heterocycles. The minimum absolute atomic E-state index is 0.0291. The maximum absolute atomic E-state index is 12.5. The maximum Gasteiger partial charge on any atom is 0.251 e. The van der Waals surface area contributed by atoms with E-state index in [9.17, 15) is 4.79 Å². The third kappa shape index (κ3) is 5.10. The van der Waals surface area contributed by atoms with E-state index in [4.69, 9.17) is 0 Å². The molecule has 0 aliphatic heterocycles. The minimum Gasteiger partial charge on any atom is -0.378 e. The van der Waals surface area contributed by atoms with Crippen LogP contribution in [0.15, 0.2) is 54.6 Å². The predicted octanol–water partition coefficient (Wildman–Crippen LogP) is 2.66. The molecule has 2 rings (SSSR count). The summed E-state index contributed by atoms with van der Waals surface area (Å²) in [6.07, 6.45) is 0.909. The van der Waals surface area contributed by atoms with Crippen molar-refractivity contribution >= 4 is 11.6 Å². The van der Waals surface area contributed by atoms with Gasteiger partial charge in [-0.15, -0.1) is 0 Å². The lowest BCUT2D eigenvalue weighted by molar-refractivity contribution is 0.0941. The Labute approximate surface area is 145 Å². The van der Waals surface area contributed by atoms with Gasteiger partial charge in [-0.05, 0) is 44.3 Å². The van der Waals surface area contributed by atoms with Crippen LogP contribution < -0.4 is 10.2 Å². The number of amides is 1. The van der Waals surface area contributed by atoms with Crippen LogP contribution in [0.2, 0.25) is 0 Å². The van der Waals surface area contributed by atoms with E-state index < -0.39 is 0 Å². The first kappa shape index (κ1) is 18.0.